The Hall–Kier alpha value is -1.61. The summed E-state index contributed by atoms with van der Waals surface area (Å²) in [7, 11) is 0. The van der Waals surface area contributed by atoms with Crippen molar-refractivity contribution in [1.29, 1.82) is 0 Å². The van der Waals surface area contributed by atoms with Crippen molar-refractivity contribution >= 4 is 16.7 Å². The third-order valence-electron chi connectivity index (χ3n) is 2.92. The van der Waals surface area contributed by atoms with Gasteiger partial charge in [0.2, 0.25) is 0 Å². The van der Waals surface area contributed by atoms with Gasteiger partial charge < -0.3 is 10.6 Å². The molecule has 0 fully saturated rings. The molecular formula is C15H21N3. The van der Waals surface area contributed by atoms with E-state index >= 15 is 0 Å². The standard InChI is InChI=1S/C15H21N3/c1-3-9-17-15-10-12(11-16-4-2)13-7-5-6-8-14(13)18-15/h5-8,10,16H,3-4,9,11H2,1-2H3,(H,17,18). The van der Waals surface area contributed by atoms with Crippen molar-refractivity contribution in [2.24, 2.45) is 0 Å². The Kier molecular flexibility index (Phi) is 4.53. The molecule has 0 bridgehead atoms. The molecule has 1 aromatic heterocycles. The lowest BCUT2D eigenvalue weighted by molar-refractivity contribution is 0.730. The van der Waals surface area contributed by atoms with E-state index in [1.165, 1.54) is 10.9 Å². The number of benzene rings is 1. The highest BCUT2D eigenvalue weighted by molar-refractivity contribution is 5.84. The SMILES string of the molecule is CCCNc1cc(CNCC)c2ccccc2n1. The number of nitrogens with zero attached hydrogens (tertiary/aromatic N) is 1. The van der Waals surface area contributed by atoms with Crippen LogP contribution in [0.1, 0.15) is 25.8 Å². The lowest BCUT2D eigenvalue weighted by Gasteiger charge is -2.11. The van der Waals surface area contributed by atoms with Crippen molar-refractivity contribution in [3.8, 4) is 0 Å². The van der Waals surface area contributed by atoms with Crippen molar-refractivity contribution < 1.29 is 0 Å². The van der Waals surface area contributed by atoms with Crippen LogP contribution >= 0.6 is 0 Å². The number of para-hydroxylation sites is 1. The van der Waals surface area contributed by atoms with Gasteiger partial charge in [-0.2, -0.15) is 0 Å². The second-order valence-corrected chi connectivity index (χ2v) is 4.39. The molecule has 0 aliphatic heterocycles. The largest absolute Gasteiger partial charge is 0.370 e. The van der Waals surface area contributed by atoms with Gasteiger partial charge in [0.25, 0.3) is 0 Å². The van der Waals surface area contributed by atoms with Crippen molar-refractivity contribution in [3.05, 3.63) is 35.9 Å². The molecule has 0 saturated carbocycles. The highest BCUT2D eigenvalue weighted by atomic mass is 15.0. The summed E-state index contributed by atoms with van der Waals surface area (Å²) >= 11 is 0. The molecule has 2 N–H and O–H groups in total. The first kappa shape index (κ1) is 12.8. The third kappa shape index (κ3) is 2.99. The molecule has 3 heteroatoms. The number of fused-ring (bicyclic) bond motifs is 1. The van der Waals surface area contributed by atoms with E-state index in [1.54, 1.807) is 0 Å². The molecule has 1 aromatic carbocycles. The summed E-state index contributed by atoms with van der Waals surface area (Å²) in [5.41, 5.74) is 2.37. The maximum atomic E-state index is 4.64. The zero-order valence-electron chi connectivity index (χ0n) is 11.2. The summed E-state index contributed by atoms with van der Waals surface area (Å²) in [4.78, 5) is 4.64. The number of anilines is 1. The third-order valence-corrected chi connectivity index (χ3v) is 2.92. The predicted octanol–water partition coefficient (Wildman–Crippen LogP) is 3.17. The van der Waals surface area contributed by atoms with Crippen LogP contribution in [0.2, 0.25) is 0 Å². The van der Waals surface area contributed by atoms with Gasteiger partial charge in [0.1, 0.15) is 5.82 Å². The first-order valence-electron chi connectivity index (χ1n) is 6.68. The molecule has 1 heterocycles. The minimum Gasteiger partial charge on any atom is -0.370 e. The summed E-state index contributed by atoms with van der Waals surface area (Å²) in [5.74, 6) is 0.975. The quantitative estimate of drug-likeness (QED) is 0.818. The zero-order chi connectivity index (χ0) is 12.8. The van der Waals surface area contributed by atoms with Gasteiger partial charge >= 0.3 is 0 Å². The molecule has 0 spiro atoms. The van der Waals surface area contributed by atoms with E-state index in [-0.39, 0.29) is 0 Å². The fraction of sp³-hybridized carbons (Fsp3) is 0.400. The van der Waals surface area contributed by atoms with E-state index in [2.05, 4.69) is 53.7 Å². The minimum atomic E-state index is 0.889. The number of hydrogen-bond acceptors (Lipinski definition) is 3. The molecular weight excluding hydrogens is 222 g/mol. The Morgan fingerprint density at radius 1 is 1.17 bits per heavy atom. The fourth-order valence-electron chi connectivity index (χ4n) is 2.00. The van der Waals surface area contributed by atoms with Crippen molar-refractivity contribution in [2.45, 2.75) is 26.8 Å². The van der Waals surface area contributed by atoms with E-state index in [0.29, 0.717) is 0 Å². The molecule has 0 saturated heterocycles. The predicted molar refractivity (Wildman–Crippen MR) is 77.9 cm³/mol. The monoisotopic (exact) mass is 243 g/mol. The van der Waals surface area contributed by atoms with Gasteiger partial charge in [-0.3, -0.25) is 0 Å². The smallest absolute Gasteiger partial charge is 0.126 e. The number of rotatable bonds is 6. The van der Waals surface area contributed by atoms with Gasteiger partial charge in [-0.05, 0) is 30.7 Å². The Bertz CT molecular complexity index is 508. The first-order valence-corrected chi connectivity index (χ1v) is 6.68. The Balaban J connectivity index is 2.36. The maximum Gasteiger partial charge on any atom is 0.126 e. The van der Waals surface area contributed by atoms with Crippen molar-refractivity contribution in [1.82, 2.24) is 10.3 Å². The topological polar surface area (TPSA) is 37.0 Å². The Morgan fingerprint density at radius 2 is 2.00 bits per heavy atom. The van der Waals surface area contributed by atoms with Crippen LogP contribution in [-0.2, 0) is 6.54 Å². The van der Waals surface area contributed by atoms with Crippen LogP contribution in [0.25, 0.3) is 10.9 Å². The van der Waals surface area contributed by atoms with Crippen LogP contribution in [0, 0.1) is 0 Å². The molecule has 0 unspecified atom stereocenters. The second-order valence-electron chi connectivity index (χ2n) is 4.39. The van der Waals surface area contributed by atoms with Crippen LogP contribution in [-0.4, -0.2) is 18.1 Å². The van der Waals surface area contributed by atoms with E-state index in [0.717, 1.165) is 37.4 Å². The van der Waals surface area contributed by atoms with Gasteiger partial charge in [-0.25, -0.2) is 4.98 Å². The molecule has 18 heavy (non-hydrogen) atoms. The molecule has 3 nitrogen and oxygen atoms in total. The summed E-state index contributed by atoms with van der Waals surface area (Å²) in [6, 6.07) is 10.5. The van der Waals surface area contributed by atoms with E-state index < -0.39 is 0 Å². The molecule has 96 valence electrons. The molecule has 2 aromatic rings. The molecule has 0 atom stereocenters. The molecule has 2 rings (SSSR count). The van der Waals surface area contributed by atoms with Crippen LogP contribution in [0.5, 0.6) is 0 Å². The highest BCUT2D eigenvalue weighted by Crippen LogP contribution is 2.20. The molecule has 0 aliphatic carbocycles. The Morgan fingerprint density at radius 3 is 2.78 bits per heavy atom. The minimum absolute atomic E-state index is 0.889. The van der Waals surface area contributed by atoms with Crippen LogP contribution < -0.4 is 10.6 Å². The molecule has 0 amide bonds. The summed E-state index contributed by atoms with van der Waals surface area (Å²) in [6.07, 6.45) is 1.11. The number of aromatic nitrogens is 1. The lowest BCUT2D eigenvalue weighted by atomic mass is 10.1. The maximum absolute atomic E-state index is 4.64. The molecule has 0 radical (unpaired) electrons. The number of pyridine rings is 1. The normalized spacial score (nSPS) is 10.8. The summed E-state index contributed by atoms with van der Waals surface area (Å²) < 4.78 is 0. The highest BCUT2D eigenvalue weighted by Gasteiger charge is 2.04. The van der Waals surface area contributed by atoms with Crippen LogP contribution in [0.3, 0.4) is 0 Å². The van der Waals surface area contributed by atoms with Gasteiger partial charge in [-0.15, -0.1) is 0 Å². The van der Waals surface area contributed by atoms with Crippen molar-refractivity contribution in [2.75, 3.05) is 18.4 Å². The zero-order valence-corrected chi connectivity index (χ0v) is 11.2. The first-order chi connectivity index (χ1) is 8.85. The number of nitrogens with one attached hydrogen (secondary N) is 2. The van der Waals surface area contributed by atoms with Gasteiger partial charge in [0, 0.05) is 18.5 Å². The average molecular weight is 243 g/mol. The van der Waals surface area contributed by atoms with Gasteiger partial charge in [0.05, 0.1) is 5.52 Å². The van der Waals surface area contributed by atoms with Gasteiger partial charge in [0.15, 0.2) is 0 Å². The fourth-order valence-corrected chi connectivity index (χ4v) is 2.00. The molecule has 0 aliphatic rings. The summed E-state index contributed by atoms with van der Waals surface area (Å²) in [6.45, 7) is 7.12. The van der Waals surface area contributed by atoms with Crippen LogP contribution in [0.15, 0.2) is 30.3 Å². The van der Waals surface area contributed by atoms with Gasteiger partial charge in [-0.1, -0.05) is 32.0 Å². The summed E-state index contributed by atoms with van der Waals surface area (Å²) in [5, 5.41) is 7.99. The average Bonchev–Trinajstić information content (AvgIpc) is 2.42. The van der Waals surface area contributed by atoms with E-state index in [4.69, 9.17) is 0 Å². The van der Waals surface area contributed by atoms with Crippen LogP contribution in [0.4, 0.5) is 5.82 Å². The second kappa shape index (κ2) is 6.36. The number of hydrogen-bond donors (Lipinski definition) is 2. The van der Waals surface area contributed by atoms with E-state index in [1.807, 2.05) is 6.07 Å². The van der Waals surface area contributed by atoms with E-state index in [9.17, 15) is 0 Å². The van der Waals surface area contributed by atoms with Crippen molar-refractivity contribution in [3.63, 3.8) is 0 Å². The Labute approximate surface area is 109 Å². The lowest BCUT2D eigenvalue weighted by Crippen LogP contribution is -2.13.